The molecule has 0 radical (unpaired) electrons. The standard InChI is InChI=1S/C18H17FN2O2/c1-12-2-8-15(9-3-12)21-16(10-11-17(21)22)18(23)20-14-6-4-13(19)5-7-14/h2-9,16H,10-11H2,1H3,(H,20,23). The Balaban J connectivity index is 1.79. The fourth-order valence-corrected chi connectivity index (χ4v) is 2.72. The Hall–Kier alpha value is -2.69. The Kier molecular flexibility index (Phi) is 4.10. The van der Waals surface area contributed by atoms with Crippen LogP contribution in [-0.4, -0.2) is 17.9 Å². The number of rotatable bonds is 3. The van der Waals surface area contributed by atoms with Crippen LogP contribution in [0.1, 0.15) is 18.4 Å². The summed E-state index contributed by atoms with van der Waals surface area (Å²) in [7, 11) is 0. The van der Waals surface area contributed by atoms with Gasteiger partial charge in [0.1, 0.15) is 11.9 Å². The number of carbonyl (C=O) groups excluding carboxylic acids is 2. The van der Waals surface area contributed by atoms with E-state index in [0.29, 0.717) is 18.5 Å². The van der Waals surface area contributed by atoms with Gasteiger partial charge in [-0.25, -0.2) is 4.39 Å². The molecule has 1 saturated heterocycles. The Labute approximate surface area is 133 Å². The zero-order valence-electron chi connectivity index (χ0n) is 12.8. The van der Waals surface area contributed by atoms with Crippen LogP contribution >= 0.6 is 0 Å². The quantitative estimate of drug-likeness (QED) is 0.945. The highest BCUT2D eigenvalue weighted by Crippen LogP contribution is 2.27. The van der Waals surface area contributed by atoms with Gasteiger partial charge in [0.15, 0.2) is 0 Å². The third-order valence-electron chi connectivity index (χ3n) is 3.94. The molecule has 0 aromatic heterocycles. The summed E-state index contributed by atoms with van der Waals surface area (Å²) >= 11 is 0. The predicted octanol–water partition coefficient (Wildman–Crippen LogP) is 3.27. The summed E-state index contributed by atoms with van der Waals surface area (Å²) in [5, 5.41) is 2.74. The fraction of sp³-hybridized carbons (Fsp3) is 0.222. The second-order valence-electron chi connectivity index (χ2n) is 5.65. The molecule has 23 heavy (non-hydrogen) atoms. The summed E-state index contributed by atoms with van der Waals surface area (Å²) in [5.74, 6) is -0.684. The lowest BCUT2D eigenvalue weighted by Gasteiger charge is -2.24. The van der Waals surface area contributed by atoms with Crippen molar-refractivity contribution in [3.63, 3.8) is 0 Å². The van der Waals surface area contributed by atoms with Crippen molar-refractivity contribution in [1.82, 2.24) is 0 Å². The van der Waals surface area contributed by atoms with Gasteiger partial charge >= 0.3 is 0 Å². The van der Waals surface area contributed by atoms with Gasteiger partial charge in [0, 0.05) is 17.8 Å². The van der Waals surface area contributed by atoms with Crippen LogP contribution in [0.3, 0.4) is 0 Å². The first-order valence-corrected chi connectivity index (χ1v) is 7.50. The van der Waals surface area contributed by atoms with Gasteiger partial charge in [-0.3, -0.25) is 14.5 Å². The highest BCUT2D eigenvalue weighted by Gasteiger charge is 2.37. The van der Waals surface area contributed by atoms with Crippen LogP contribution in [0.4, 0.5) is 15.8 Å². The first kappa shape index (κ1) is 15.2. The highest BCUT2D eigenvalue weighted by molar-refractivity contribution is 6.07. The topological polar surface area (TPSA) is 49.4 Å². The number of nitrogens with zero attached hydrogens (tertiary/aromatic N) is 1. The van der Waals surface area contributed by atoms with Crippen LogP contribution in [0.5, 0.6) is 0 Å². The molecule has 5 heteroatoms. The van der Waals surface area contributed by atoms with Gasteiger partial charge in [-0.1, -0.05) is 17.7 Å². The Morgan fingerprint density at radius 1 is 1.13 bits per heavy atom. The molecular formula is C18H17FN2O2. The number of aryl methyl sites for hydroxylation is 1. The first-order chi connectivity index (χ1) is 11.0. The van der Waals surface area contributed by atoms with Crippen molar-refractivity contribution in [2.24, 2.45) is 0 Å². The summed E-state index contributed by atoms with van der Waals surface area (Å²) in [6.07, 6.45) is 0.815. The number of benzene rings is 2. The molecule has 2 aromatic rings. The second kappa shape index (κ2) is 6.20. The lowest BCUT2D eigenvalue weighted by Crippen LogP contribution is -2.41. The Morgan fingerprint density at radius 2 is 1.78 bits per heavy atom. The molecule has 0 bridgehead atoms. The van der Waals surface area contributed by atoms with E-state index >= 15 is 0 Å². The van der Waals surface area contributed by atoms with Crippen molar-refractivity contribution >= 4 is 23.2 Å². The molecule has 3 rings (SSSR count). The number of hydrogen-bond donors (Lipinski definition) is 1. The van der Waals surface area contributed by atoms with Crippen LogP contribution in [0.25, 0.3) is 0 Å². The smallest absolute Gasteiger partial charge is 0.247 e. The summed E-state index contributed by atoms with van der Waals surface area (Å²) in [5.41, 5.74) is 2.32. The van der Waals surface area contributed by atoms with Gasteiger partial charge in [0.25, 0.3) is 0 Å². The van der Waals surface area contributed by atoms with Gasteiger partial charge in [-0.15, -0.1) is 0 Å². The van der Waals surface area contributed by atoms with Crippen molar-refractivity contribution in [3.8, 4) is 0 Å². The monoisotopic (exact) mass is 312 g/mol. The number of hydrogen-bond acceptors (Lipinski definition) is 2. The van der Waals surface area contributed by atoms with Crippen LogP contribution in [0, 0.1) is 12.7 Å². The van der Waals surface area contributed by atoms with Gasteiger partial charge in [-0.05, 0) is 49.7 Å². The van der Waals surface area contributed by atoms with E-state index < -0.39 is 6.04 Å². The molecule has 1 aliphatic heterocycles. The second-order valence-corrected chi connectivity index (χ2v) is 5.65. The van der Waals surface area contributed by atoms with E-state index in [1.807, 2.05) is 31.2 Å². The zero-order chi connectivity index (χ0) is 16.4. The van der Waals surface area contributed by atoms with E-state index in [-0.39, 0.29) is 17.6 Å². The normalized spacial score (nSPS) is 17.4. The van der Waals surface area contributed by atoms with Gasteiger partial charge in [0.2, 0.25) is 11.8 Å². The summed E-state index contributed by atoms with van der Waals surface area (Å²) in [6.45, 7) is 1.97. The molecule has 4 nitrogen and oxygen atoms in total. The maximum atomic E-state index is 12.9. The minimum absolute atomic E-state index is 0.0619. The molecular weight excluding hydrogens is 295 g/mol. The average molecular weight is 312 g/mol. The lowest BCUT2D eigenvalue weighted by molar-refractivity contribution is -0.120. The molecule has 0 aliphatic carbocycles. The minimum Gasteiger partial charge on any atom is -0.324 e. The first-order valence-electron chi connectivity index (χ1n) is 7.50. The summed E-state index contributed by atoms with van der Waals surface area (Å²) < 4.78 is 12.9. The van der Waals surface area contributed by atoms with Gasteiger partial charge in [-0.2, -0.15) is 0 Å². The molecule has 118 valence electrons. The number of amides is 2. The molecule has 1 atom stereocenters. The zero-order valence-corrected chi connectivity index (χ0v) is 12.8. The molecule has 1 heterocycles. The van der Waals surface area contributed by atoms with Crippen molar-refractivity contribution in [2.75, 3.05) is 10.2 Å². The molecule has 2 amide bonds. The van der Waals surface area contributed by atoms with E-state index in [4.69, 9.17) is 0 Å². The molecule has 1 unspecified atom stereocenters. The third kappa shape index (κ3) is 3.23. The number of halogens is 1. The third-order valence-corrected chi connectivity index (χ3v) is 3.94. The van der Waals surface area contributed by atoms with E-state index in [9.17, 15) is 14.0 Å². The van der Waals surface area contributed by atoms with Crippen LogP contribution < -0.4 is 10.2 Å². The summed E-state index contributed by atoms with van der Waals surface area (Å²) in [6, 6.07) is 12.5. The SMILES string of the molecule is Cc1ccc(N2C(=O)CCC2C(=O)Nc2ccc(F)cc2)cc1. The van der Waals surface area contributed by atoms with Crippen LogP contribution in [0.2, 0.25) is 0 Å². The van der Waals surface area contributed by atoms with E-state index in [1.165, 1.54) is 29.2 Å². The predicted molar refractivity (Wildman–Crippen MR) is 86.7 cm³/mol. The van der Waals surface area contributed by atoms with Gasteiger partial charge < -0.3 is 5.32 Å². The molecule has 1 aliphatic rings. The maximum Gasteiger partial charge on any atom is 0.247 e. The van der Waals surface area contributed by atoms with Gasteiger partial charge in [0.05, 0.1) is 0 Å². The van der Waals surface area contributed by atoms with E-state index in [1.54, 1.807) is 0 Å². The van der Waals surface area contributed by atoms with Crippen LogP contribution in [-0.2, 0) is 9.59 Å². The molecule has 0 spiro atoms. The largest absolute Gasteiger partial charge is 0.324 e. The molecule has 2 aromatic carbocycles. The Morgan fingerprint density at radius 3 is 2.43 bits per heavy atom. The fourth-order valence-electron chi connectivity index (χ4n) is 2.72. The maximum absolute atomic E-state index is 12.9. The molecule has 1 fully saturated rings. The Bertz CT molecular complexity index is 726. The number of nitrogens with one attached hydrogen (secondary N) is 1. The number of carbonyl (C=O) groups is 2. The molecule has 1 N–H and O–H groups in total. The lowest BCUT2D eigenvalue weighted by atomic mass is 10.1. The number of anilines is 2. The summed E-state index contributed by atoms with van der Waals surface area (Å²) in [4.78, 5) is 26.2. The van der Waals surface area contributed by atoms with E-state index in [2.05, 4.69) is 5.32 Å². The average Bonchev–Trinajstić information content (AvgIpc) is 2.92. The van der Waals surface area contributed by atoms with E-state index in [0.717, 1.165) is 11.3 Å². The minimum atomic E-state index is -0.546. The van der Waals surface area contributed by atoms with Crippen molar-refractivity contribution in [1.29, 1.82) is 0 Å². The van der Waals surface area contributed by atoms with Crippen LogP contribution in [0.15, 0.2) is 48.5 Å². The van der Waals surface area contributed by atoms with Crippen molar-refractivity contribution in [2.45, 2.75) is 25.8 Å². The molecule has 0 saturated carbocycles. The van der Waals surface area contributed by atoms with Crippen molar-refractivity contribution < 1.29 is 14.0 Å². The highest BCUT2D eigenvalue weighted by atomic mass is 19.1. The van der Waals surface area contributed by atoms with Crippen molar-refractivity contribution in [3.05, 3.63) is 59.9 Å².